The van der Waals surface area contributed by atoms with Gasteiger partial charge in [-0.25, -0.2) is 4.99 Å². The average molecular weight is 712 g/mol. The van der Waals surface area contributed by atoms with Gasteiger partial charge in [0.05, 0.1) is 18.6 Å². The van der Waals surface area contributed by atoms with Crippen LogP contribution in [0.4, 0.5) is 5.69 Å². The van der Waals surface area contributed by atoms with Crippen molar-refractivity contribution in [2.45, 2.75) is 27.4 Å². The zero-order chi connectivity index (χ0) is 24.4. The van der Waals surface area contributed by atoms with Gasteiger partial charge in [-0.05, 0) is 124 Å². The molecule has 0 saturated carbocycles. The number of hydrogen-bond donors (Lipinski definition) is 1. The Labute approximate surface area is 234 Å². The number of thioether (sulfide) groups is 1. The number of carbonyl (C=O) groups excluding carboxylic acids is 1. The van der Waals surface area contributed by atoms with Crippen molar-refractivity contribution in [3.8, 4) is 5.75 Å². The molecule has 174 valence electrons. The molecule has 4 nitrogen and oxygen atoms in total. The van der Waals surface area contributed by atoms with E-state index in [2.05, 4.69) is 95.9 Å². The summed E-state index contributed by atoms with van der Waals surface area (Å²) in [6.07, 6.45) is 1.87. The van der Waals surface area contributed by atoms with E-state index in [4.69, 9.17) is 4.74 Å². The number of carbonyl (C=O) groups is 1. The second-order valence-corrected chi connectivity index (χ2v) is 11.8. The minimum Gasteiger partial charge on any atom is -0.487 e. The maximum Gasteiger partial charge on any atom is 0.264 e. The van der Waals surface area contributed by atoms with Crippen LogP contribution in [0.1, 0.15) is 27.8 Å². The number of aliphatic imine (C=N–C) groups is 1. The van der Waals surface area contributed by atoms with Crippen LogP contribution in [0.2, 0.25) is 0 Å². The number of nitrogens with one attached hydrogen (secondary N) is 1. The molecule has 1 N–H and O–H groups in total. The molecule has 0 atom stereocenters. The fourth-order valence-electron chi connectivity index (χ4n) is 3.38. The van der Waals surface area contributed by atoms with Crippen LogP contribution >= 0.6 is 66.2 Å². The first kappa shape index (κ1) is 25.5. The van der Waals surface area contributed by atoms with Gasteiger partial charge < -0.3 is 10.1 Å². The molecule has 0 radical (unpaired) electrons. The monoisotopic (exact) mass is 710 g/mol. The molecule has 1 fully saturated rings. The predicted molar refractivity (Wildman–Crippen MR) is 157 cm³/mol. The summed E-state index contributed by atoms with van der Waals surface area (Å²) in [6.45, 7) is 6.61. The summed E-state index contributed by atoms with van der Waals surface area (Å²) in [4.78, 5) is 17.8. The largest absolute Gasteiger partial charge is 0.487 e. The SMILES string of the molecule is Cc1ccc(COc2c(Br)cc(/C=C3\SC(=Nc4cc(C)c(Br)c(C)c4)NC3=O)cc2I)cc1. The molecule has 3 aromatic carbocycles. The maximum absolute atomic E-state index is 12.6. The first-order valence-electron chi connectivity index (χ1n) is 10.4. The molecule has 0 spiro atoms. The Morgan fingerprint density at radius 1 is 1.06 bits per heavy atom. The number of amidine groups is 1. The second-order valence-electron chi connectivity index (χ2n) is 7.96. The standard InChI is InChI=1S/C26H21Br2IN2O2S/c1-14-4-6-17(7-5-14)13-33-24-20(27)10-18(11-21(24)29)12-22-25(32)31-26(34-22)30-19-8-15(2)23(28)16(3)9-19/h4-12H,13H2,1-3H3,(H,30,31,32)/b22-12-. The van der Waals surface area contributed by atoms with Gasteiger partial charge in [0.25, 0.3) is 5.91 Å². The highest BCUT2D eigenvalue weighted by atomic mass is 127. The van der Waals surface area contributed by atoms with Crippen molar-refractivity contribution in [1.82, 2.24) is 5.32 Å². The van der Waals surface area contributed by atoms with Crippen LogP contribution in [0, 0.1) is 24.3 Å². The predicted octanol–water partition coefficient (Wildman–Crippen LogP) is 8.21. The van der Waals surface area contributed by atoms with Gasteiger partial charge in [0, 0.05) is 4.47 Å². The molecule has 34 heavy (non-hydrogen) atoms. The average Bonchev–Trinajstić information content (AvgIpc) is 3.11. The van der Waals surface area contributed by atoms with Gasteiger partial charge in [0.2, 0.25) is 0 Å². The van der Waals surface area contributed by atoms with Crippen LogP contribution in [0.3, 0.4) is 0 Å². The van der Waals surface area contributed by atoms with E-state index in [1.54, 1.807) is 0 Å². The molecule has 3 aromatic rings. The van der Waals surface area contributed by atoms with Crippen molar-refractivity contribution in [2.75, 3.05) is 0 Å². The lowest BCUT2D eigenvalue weighted by molar-refractivity contribution is -0.115. The van der Waals surface area contributed by atoms with Crippen molar-refractivity contribution in [1.29, 1.82) is 0 Å². The Balaban J connectivity index is 1.51. The van der Waals surface area contributed by atoms with Gasteiger partial charge in [-0.2, -0.15) is 0 Å². The Kier molecular flexibility index (Phi) is 8.22. The summed E-state index contributed by atoms with van der Waals surface area (Å²) in [6, 6.07) is 16.3. The lowest BCUT2D eigenvalue weighted by Crippen LogP contribution is -2.19. The number of ether oxygens (including phenoxy) is 1. The van der Waals surface area contributed by atoms with E-state index >= 15 is 0 Å². The summed E-state index contributed by atoms with van der Waals surface area (Å²) in [5.41, 5.74) is 6.27. The molecule has 0 aliphatic carbocycles. The quantitative estimate of drug-likeness (QED) is 0.215. The smallest absolute Gasteiger partial charge is 0.264 e. The molecule has 0 bridgehead atoms. The summed E-state index contributed by atoms with van der Waals surface area (Å²) >= 11 is 10.8. The Morgan fingerprint density at radius 2 is 1.74 bits per heavy atom. The Morgan fingerprint density at radius 3 is 2.38 bits per heavy atom. The van der Waals surface area contributed by atoms with Crippen LogP contribution in [0.25, 0.3) is 6.08 Å². The topological polar surface area (TPSA) is 50.7 Å². The third kappa shape index (κ3) is 6.13. The van der Waals surface area contributed by atoms with Gasteiger partial charge in [0.1, 0.15) is 12.4 Å². The Bertz CT molecular complexity index is 1290. The molecule has 1 aliphatic rings. The fourth-order valence-corrected chi connectivity index (χ4v) is 6.22. The van der Waals surface area contributed by atoms with Crippen LogP contribution in [0.15, 0.2) is 67.4 Å². The normalized spacial score (nSPS) is 15.8. The van der Waals surface area contributed by atoms with E-state index in [0.717, 1.165) is 46.2 Å². The van der Waals surface area contributed by atoms with Gasteiger partial charge in [0.15, 0.2) is 5.17 Å². The van der Waals surface area contributed by atoms with Gasteiger partial charge >= 0.3 is 0 Å². The Hall–Kier alpha value is -1.62. The lowest BCUT2D eigenvalue weighted by Gasteiger charge is -2.12. The van der Waals surface area contributed by atoms with E-state index in [1.165, 1.54) is 17.3 Å². The van der Waals surface area contributed by atoms with E-state index in [-0.39, 0.29) is 5.91 Å². The lowest BCUT2D eigenvalue weighted by atomic mass is 10.1. The highest BCUT2D eigenvalue weighted by Gasteiger charge is 2.24. The highest BCUT2D eigenvalue weighted by Crippen LogP contribution is 2.35. The number of halogens is 3. The number of nitrogens with zero attached hydrogens (tertiary/aromatic N) is 1. The number of rotatable bonds is 5. The molecule has 1 aliphatic heterocycles. The summed E-state index contributed by atoms with van der Waals surface area (Å²) in [5, 5.41) is 3.44. The zero-order valence-electron chi connectivity index (χ0n) is 18.7. The highest BCUT2D eigenvalue weighted by molar-refractivity contribution is 14.1. The number of hydrogen-bond acceptors (Lipinski definition) is 4. The molecular weight excluding hydrogens is 691 g/mol. The molecule has 0 unspecified atom stereocenters. The van der Waals surface area contributed by atoms with E-state index in [1.807, 2.05) is 44.2 Å². The first-order valence-corrected chi connectivity index (χ1v) is 13.9. The van der Waals surface area contributed by atoms with E-state index in [0.29, 0.717) is 16.7 Å². The molecular formula is C26H21Br2IN2O2S. The number of amides is 1. The van der Waals surface area contributed by atoms with Crippen LogP contribution in [0.5, 0.6) is 5.75 Å². The summed E-state index contributed by atoms with van der Waals surface area (Å²) in [5.74, 6) is 0.634. The second kappa shape index (κ2) is 11.0. The van der Waals surface area contributed by atoms with Crippen molar-refractivity contribution in [3.05, 3.63) is 93.8 Å². The van der Waals surface area contributed by atoms with Gasteiger partial charge in [-0.1, -0.05) is 45.8 Å². The van der Waals surface area contributed by atoms with Crippen molar-refractivity contribution in [2.24, 2.45) is 4.99 Å². The fraction of sp³-hybridized carbons (Fsp3) is 0.154. The minimum atomic E-state index is -0.153. The zero-order valence-corrected chi connectivity index (χ0v) is 24.9. The van der Waals surface area contributed by atoms with Crippen molar-refractivity contribution in [3.63, 3.8) is 0 Å². The van der Waals surface area contributed by atoms with Crippen LogP contribution in [-0.2, 0) is 11.4 Å². The van der Waals surface area contributed by atoms with Gasteiger partial charge in [-0.3, -0.25) is 4.79 Å². The van der Waals surface area contributed by atoms with Crippen molar-refractivity contribution < 1.29 is 9.53 Å². The third-order valence-corrected chi connectivity index (χ3v) is 8.68. The number of benzene rings is 3. The first-order chi connectivity index (χ1) is 16.2. The third-order valence-electron chi connectivity index (χ3n) is 5.12. The minimum absolute atomic E-state index is 0.153. The molecule has 1 heterocycles. The molecule has 8 heteroatoms. The van der Waals surface area contributed by atoms with Gasteiger partial charge in [-0.15, -0.1) is 0 Å². The molecule has 1 amide bonds. The van der Waals surface area contributed by atoms with E-state index in [9.17, 15) is 4.79 Å². The molecule has 1 saturated heterocycles. The summed E-state index contributed by atoms with van der Waals surface area (Å²) in [7, 11) is 0. The maximum atomic E-state index is 12.6. The van der Waals surface area contributed by atoms with Crippen LogP contribution < -0.4 is 10.1 Å². The van der Waals surface area contributed by atoms with Crippen molar-refractivity contribution >= 4 is 89.1 Å². The summed E-state index contributed by atoms with van der Waals surface area (Å²) < 4.78 is 8.95. The number of aryl methyl sites for hydroxylation is 3. The molecule has 0 aromatic heterocycles. The van der Waals surface area contributed by atoms with E-state index < -0.39 is 0 Å². The van der Waals surface area contributed by atoms with Crippen LogP contribution in [-0.4, -0.2) is 11.1 Å². The molecule has 4 rings (SSSR count).